The number of aliphatic hydroxyl groups excluding tert-OH is 1. The predicted octanol–water partition coefficient (Wildman–Crippen LogP) is 1.40. The molecule has 0 bridgehead atoms. The van der Waals surface area contributed by atoms with Crippen molar-refractivity contribution in [2.24, 2.45) is 10.7 Å². The van der Waals surface area contributed by atoms with E-state index in [1.165, 1.54) is 24.4 Å². The summed E-state index contributed by atoms with van der Waals surface area (Å²) in [6, 6.07) is 2.96. The highest BCUT2D eigenvalue weighted by atomic mass is 35.5. The number of allylic oxidation sites excluding steroid dienone is 1. The van der Waals surface area contributed by atoms with Crippen molar-refractivity contribution in [1.29, 1.82) is 0 Å². The quantitative estimate of drug-likeness (QED) is 0.328. The second-order valence-electron chi connectivity index (χ2n) is 4.09. The van der Waals surface area contributed by atoms with Gasteiger partial charge in [0.2, 0.25) is 0 Å². The highest BCUT2D eigenvalue weighted by Crippen LogP contribution is 2.25. The zero-order chi connectivity index (χ0) is 13.8. The van der Waals surface area contributed by atoms with Crippen LogP contribution in [0.5, 0.6) is 0 Å². The van der Waals surface area contributed by atoms with Gasteiger partial charge in [0, 0.05) is 17.9 Å². The summed E-state index contributed by atoms with van der Waals surface area (Å²) < 4.78 is 5.31. The largest absolute Gasteiger partial charge is 0.476 e. The molecule has 0 radical (unpaired) electrons. The van der Waals surface area contributed by atoms with Crippen LogP contribution < -0.4 is 5.73 Å². The van der Waals surface area contributed by atoms with Crippen LogP contribution >= 0.6 is 11.6 Å². The normalized spacial score (nSPS) is 16.3. The van der Waals surface area contributed by atoms with Gasteiger partial charge in [-0.2, -0.15) is 0 Å². The summed E-state index contributed by atoms with van der Waals surface area (Å²) in [7, 11) is 0. The van der Waals surface area contributed by atoms with Crippen molar-refractivity contribution < 1.29 is 14.9 Å². The Labute approximate surface area is 115 Å². The molecule has 1 saturated carbocycles. The maximum absolute atomic E-state index is 8.98. The van der Waals surface area contributed by atoms with Crippen molar-refractivity contribution in [1.82, 2.24) is 4.98 Å². The maximum atomic E-state index is 8.98. The number of aliphatic imine (C=N–C) groups is 1. The molecule has 0 saturated heterocycles. The number of pyridine rings is 1. The van der Waals surface area contributed by atoms with Crippen molar-refractivity contribution in [2.75, 3.05) is 0 Å². The molecule has 19 heavy (non-hydrogen) atoms. The molecule has 0 aliphatic heterocycles. The van der Waals surface area contributed by atoms with E-state index >= 15 is 0 Å². The minimum absolute atomic E-state index is 0.00386. The summed E-state index contributed by atoms with van der Waals surface area (Å²) in [6.45, 7) is 0. The fourth-order valence-electron chi connectivity index (χ4n) is 1.30. The lowest BCUT2D eigenvalue weighted by atomic mass is 10.3. The Morgan fingerprint density at radius 1 is 1.53 bits per heavy atom. The molecule has 1 aromatic heterocycles. The molecule has 0 amide bonds. The van der Waals surface area contributed by atoms with Gasteiger partial charge in [-0.25, -0.2) is 9.98 Å². The Balaban J connectivity index is 2.00. The molecule has 102 valence electrons. The van der Waals surface area contributed by atoms with Crippen LogP contribution in [0, 0.1) is 0 Å². The van der Waals surface area contributed by atoms with E-state index in [1.54, 1.807) is 0 Å². The van der Waals surface area contributed by atoms with E-state index in [0.717, 1.165) is 12.8 Å². The van der Waals surface area contributed by atoms with Crippen LogP contribution in [0.4, 0.5) is 5.82 Å². The van der Waals surface area contributed by atoms with E-state index < -0.39 is 6.29 Å². The number of halogens is 1. The van der Waals surface area contributed by atoms with Crippen molar-refractivity contribution >= 4 is 23.6 Å². The van der Waals surface area contributed by atoms with E-state index in [1.807, 2.05) is 0 Å². The number of nitrogens with zero attached hydrogens (tertiary/aromatic N) is 2. The highest BCUT2D eigenvalue weighted by Gasteiger charge is 2.23. The van der Waals surface area contributed by atoms with Crippen molar-refractivity contribution in [3.05, 3.63) is 34.8 Å². The average Bonchev–Trinajstić information content (AvgIpc) is 3.12. The third-order valence-corrected chi connectivity index (χ3v) is 2.72. The van der Waals surface area contributed by atoms with Crippen LogP contribution in [0.1, 0.15) is 24.7 Å². The summed E-state index contributed by atoms with van der Waals surface area (Å²) in [5.41, 5.74) is 5.74. The number of hydrogen-bond acceptors (Lipinski definition) is 6. The van der Waals surface area contributed by atoms with Crippen LogP contribution in [0.3, 0.4) is 0 Å². The molecule has 0 spiro atoms. The van der Waals surface area contributed by atoms with Crippen molar-refractivity contribution in [3.8, 4) is 0 Å². The summed E-state index contributed by atoms with van der Waals surface area (Å²) in [5, 5.41) is 18.0. The third-order valence-electron chi connectivity index (χ3n) is 2.41. The minimum Gasteiger partial charge on any atom is -0.476 e. The smallest absolute Gasteiger partial charge is 0.185 e. The second-order valence-corrected chi connectivity index (χ2v) is 4.45. The van der Waals surface area contributed by atoms with E-state index in [2.05, 4.69) is 9.98 Å². The molecule has 0 aromatic carbocycles. The Morgan fingerprint density at radius 2 is 2.26 bits per heavy atom. The first-order chi connectivity index (χ1) is 9.06. The van der Waals surface area contributed by atoms with Gasteiger partial charge in [0.05, 0.1) is 0 Å². The predicted molar refractivity (Wildman–Crippen MR) is 71.0 cm³/mol. The van der Waals surface area contributed by atoms with Gasteiger partial charge in [-0.1, -0.05) is 11.6 Å². The number of rotatable bonds is 5. The van der Waals surface area contributed by atoms with Gasteiger partial charge in [0.15, 0.2) is 18.0 Å². The topological polar surface area (TPSA) is 101 Å². The summed E-state index contributed by atoms with van der Waals surface area (Å²) in [5.74, 6) is 0.643. The van der Waals surface area contributed by atoms with Crippen LogP contribution in [-0.2, 0) is 4.74 Å². The molecule has 6 nitrogen and oxygen atoms in total. The van der Waals surface area contributed by atoms with Gasteiger partial charge in [-0.15, -0.1) is 0 Å². The van der Waals surface area contributed by atoms with Gasteiger partial charge in [0.25, 0.3) is 0 Å². The third kappa shape index (κ3) is 4.20. The zero-order valence-electron chi connectivity index (χ0n) is 10.0. The van der Waals surface area contributed by atoms with Crippen LogP contribution in [-0.4, -0.2) is 27.5 Å². The van der Waals surface area contributed by atoms with E-state index in [-0.39, 0.29) is 16.8 Å². The summed E-state index contributed by atoms with van der Waals surface area (Å²) >= 11 is 5.77. The highest BCUT2D eigenvalue weighted by molar-refractivity contribution is 6.30. The first kappa shape index (κ1) is 13.8. The van der Waals surface area contributed by atoms with Crippen LogP contribution in [0.25, 0.3) is 0 Å². The van der Waals surface area contributed by atoms with Crippen LogP contribution in [0.2, 0.25) is 5.15 Å². The number of ether oxygens (including phenoxy) is 1. The lowest BCUT2D eigenvalue weighted by Crippen LogP contribution is -2.04. The van der Waals surface area contributed by atoms with E-state index in [4.69, 9.17) is 32.3 Å². The van der Waals surface area contributed by atoms with E-state index in [9.17, 15) is 0 Å². The van der Waals surface area contributed by atoms with E-state index in [0.29, 0.717) is 11.7 Å². The lowest BCUT2D eigenvalue weighted by Gasteiger charge is -2.05. The molecular weight excluding hydrogens is 270 g/mol. The molecule has 4 N–H and O–H groups in total. The SMILES string of the molecule is NC(=CC=Nc1ccc(C(O)O)c(Cl)n1)OC1CC1. The van der Waals surface area contributed by atoms with Gasteiger partial charge in [0.1, 0.15) is 11.3 Å². The molecule has 0 atom stereocenters. The van der Waals surface area contributed by atoms with Crippen molar-refractivity contribution in [2.45, 2.75) is 25.2 Å². The van der Waals surface area contributed by atoms with Gasteiger partial charge in [-0.05, 0) is 25.0 Å². The number of nitrogens with two attached hydrogens (primary N) is 1. The first-order valence-corrected chi connectivity index (χ1v) is 6.13. The molecule has 1 aromatic rings. The Morgan fingerprint density at radius 3 is 2.84 bits per heavy atom. The molecule has 1 heterocycles. The molecule has 0 unspecified atom stereocenters. The standard InChI is InChI=1S/C12H14ClN3O3/c13-11-8(12(17)18)3-4-10(16-11)15-6-5-9(14)19-7-1-2-7/h3-7,12,17-18H,1-2,14H2. The van der Waals surface area contributed by atoms with Gasteiger partial charge in [-0.3, -0.25) is 0 Å². The van der Waals surface area contributed by atoms with Crippen molar-refractivity contribution in [3.63, 3.8) is 0 Å². The first-order valence-electron chi connectivity index (χ1n) is 5.75. The Bertz CT molecular complexity index is 513. The molecule has 2 rings (SSSR count). The summed E-state index contributed by atoms with van der Waals surface area (Å²) in [4.78, 5) is 7.92. The zero-order valence-corrected chi connectivity index (χ0v) is 10.8. The molecule has 1 aliphatic carbocycles. The minimum atomic E-state index is -1.65. The van der Waals surface area contributed by atoms with Gasteiger partial charge < -0.3 is 20.7 Å². The second kappa shape index (κ2) is 6.01. The monoisotopic (exact) mass is 283 g/mol. The maximum Gasteiger partial charge on any atom is 0.185 e. The number of hydrogen-bond donors (Lipinski definition) is 3. The number of aromatic nitrogens is 1. The van der Waals surface area contributed by atoms with Crippen LogP contribution in [0.15, 0.2) is 29.1 Å². The molecule has 1 aliphatic rings. The van der Waals surface area contributed by atoms with Gasteiger partial charge >= 0.3 is 0 Å². The lowest BCUT2D eigenvalue weighted by molar-refractivity contribution is -0.0426. The summed E-state index contributed by atoms with van der Waals surface area (Å²) in [6.07, 6.45) is 3.64. The average molecular weight is 284 g/mol. The Kier molecular flexibility index (Phi) is 4.36. The number of aliphatic hydroxyl groups is 2. The molecule has 7 heteroatoms. The molecular formula is C12H14ClN3O3. The Hall–Kier alpha value is -1.63. The molecule has 1 fully saturated rings. The fraction of sp³-hybridized carbons (Fsp3) is 0.333. The fourth-order valence-corrected chi connectivity index (χ4v) is 1.55.